The minimum atomic E-state index is -2.95. The number of benzene rings is 2. The molecule has 146 valence electrons. The average molecular weight is 403 g/mol. The van der Waals surface area contributed by atoms with Gasteiger partial charge in [0.05, 0.1) is 18.7 Å². The van der Waals surface area contributed by atoms with E-state index in [0.29, 0.717) is 12.2 Å². The molecule has 27 heavy (non-hydrogen) atoms. The molecule has 9 heteroatoms. The number of anilines is 1. The second-order valence-corrected chi connectivity index (χ2v) is 6.12. The summed E-state index contributed by atoms with van der Waals surface area (Å²) in [4.78, 5) is 13.8. The highest BCUT2D eigenvalue weighted by Crippen LogP contribution is 2.29. The van der Waals surface area contributed by atoms with Crippen molar-refractivity contribution in [2.45, 2.75) is 13.2 Å². The van der Waals surface area contributed by atoms with E-state index in [4.69, 9.17) is 16.3 Å². The van der Waals surface area contributed by atoms with Crippen LogP contribution in [0.25, 0.3) is 0 Å². The number of hydrogen-bond donors (Lipinski definition) is 1. The molecule has 0 unspecified atom stereocenters. The van der Waals surface area contributed by atoms with Gasteiger partial charge in [0.15, 0.2) is 11.5 Å². The van der Waals surface area contributed by atoms with Gasteiger partial charge in [-0.05, 0) is 42.9 Å². The minimum absolute atomic E-state index is 0.0482. The third-order valence-electron chi connectivity index (χ3n) is 3.51. The molecule has 0 spiro atoms. The number of methoxy groups -OCH3 is 1. The number of carbonyl (C=O) groups is 1. The van der Waals surface area contributed by atoms with Crippen LogP contribution in [-0.4, -0.2) is 38.1 Å². The van der Waals surface area contributed by atoms with Crippen LogP contribution in [0.1, 0.15) is 5.56 Å². The number of amides is 1. The van der Waals surface area contributed by atoms with Crippen LogP contribution in [0.15, 0.2) is 36.4 Å². The van der Waals surface area contributed by atoms with Crippen molar-refractivity contribution >= 4 is 23.2 Å². The third kappa shape index (κ3) is 6.33. The van der Waals surface area contributed by atoms with Gasteiger partial charge in [-0.1, -0.05) is 17.7 Å². The van der Waals surface area contributed by atoms with Crippen molar-refractivity contribution in [3.05, 3.63) is 52.8 Å². The Morgan fingerprint density at radius 3 is 2.59 bits per heavy atom. The van der Waals surface area contributed by atoms with Crippen molar-refractivity contribution < 1.29 is 27.4 Å². The first-order valence-electron chi connectivity index (χ1n) is 7.83. The second-order valence-electron chi connectivity index (χ2n) is 5.71. The number of nitrogens with zero attached hydrogens (tertiary/aromatic N) is 1. The molecule has 0 aliphatic carbocycles. The molecule has 0 atom stereocenters. The SMILES string of the molecule is COc1cc(CN(C)CC(=O)Nc2ccc(F)c(Cl)c2)ccc1OC(F)F. The van der Waals surface area contributed by atoms with Gasteiger partial charge in [0.25, 0.3) is 0 Å². The highest BCUT2D eigenvalue weighted by molar-refractivity contribution is 6.31. The Hall–Kier alpha value is -2.45. The molecule has 0 heterocycles. The molecule has 1 N–H and O–H groups in total. The van der Waals surface area contributed by atoms with Crippen LogP contribution in [0.2, 0.25) is 5.02 Å². The lowest BCUT2D eigenvalue weighted by Crippen LogP contribution is -2.29. The zero-order valence-corrected chi connectivity index (χ0v) is 15.4. The molecule has 0 aliphatic heterocycles. The summed E-state index contributed by atoms with van der Waals surface area (Å²) < 4.78 is 47.3. The molecule has 0 radical (unpaired) electrons. The fourth-order valence-corrected chi connectivity index (χ4v) is 2.57. The summed E-state index contributed by atoms with van der Waals surface area (Å²) in [6, 6.07) is 8.44. The Labute approximate surface area is 159 Å². The summed E-state index contributed by atoms with van der Waals surface area (Å²) >= 11 is 5.68. The fourth-order valence-electron chi connectivity index (χ4n) is 2.39. The summed E-state index contributed by atoms with van der Waals surface area (Å²) in [6.07, 6.45) is 0. The molecule has 0 saturated carbocycles. The molecule has 0 saturated heterocycles. The van der Waals surface area contributed by atoms with E-state index < -0.39 is 12.4 Å². The first-order valence-corrected chi connectivity index (χ1v) is 8.21. The largest absolute Gasteiger partial charge is 0.493 e. The third-order valence-corrected chi connectivity index (χ3v) is 3.80. The zero-order valence-electron chi connectivity index (χ0n) is 14.6. The highest BCUT2D eigenvalue weighted by atomic mass is 35.5. The van der Waals surface area contributed by atoms with Gasteiger partial charge in [0.1, 0.15) is 5.82 Å². The van der Waals surface area contributed by atoms with Crippen molar-refractivity contribution in [3.63, 3.8) is 0 Å². The number of nitrogens with one attached hydrogen (secondary N) is 1. The predicted molar refractivity (Wildman–Crippen MR) is 96.0 cm³/mol. The Bertz CT molecular complexity index is 805. The van der Waals surface area contributed by atoms with E-state index in [1.807, 2.05) is 0 Å². The van der Waals surface area contributed by atoms with E-state index in [0.717, 1.165) is 11.6 Å². The molecular formula is C18H18ClF3N2O3. The molecule has 2 aromatic carbocycles. The molecule has 0 bridgehead atoms. The van der Waals surface area contributed by atoms with E-state index in [1.54, 1.807) is 24.1 Å². The Kier molecular flexibility index (Phi) is 7.32. The average Bonchev–Trinajstić information content (AvgIpc) is 2.58. The Morgan fingerprint density at radius 2 is 1.96 bits per heavy atom. The lowest BCUT2D eigenvalue weighted by molar-refractivity contribution is -0.117. The van der Waals surface area contributed by atoms with E-state index >= 15 is 0 Å². The number of ether oxygens (including phenoxy) is 2. The molecule has 0 aromatic heterocycles. The number of hydrogen-bond acceptors (Lipinski definition) is 4. The molecule has 2 rings (SSSR count). The maximum absolute atomic E-state index is 13.1. The van der Waals surface area contributed by atoms with Gasteiger partial charge in [-0.15, -0.1) is 0 Å². The van der Waals surface area contributed by atoms with Crippen LogP contribution in [-0.2, 0) is 11.3 Å². The molecule has 0 aliphatic rings. The molecule has 2 aromatic rings. The van der Waals surface area contributed by atoms with Crippen molar-refractivity contribution in [1.29, 1.82) is 0 Å². The van der Waals surface area contributed by atoms with Crippen LogP contribution in [0.4, 0.5) is 18.9 Å². The van der Waals surface area contributed by atoms with Gasteiger partial charge in [-0.2, -0.15) is 8.78 Å². The summed E-state index contributed by atoms with van der Waals surface area (Å²) in [6.45, 7) is -2.54. The predicted octanol–water partition coefficient (Wildman–Crippen LogP) is 4.16. The zero-order chi connectivity index (χ0) is 20.0. The van der Waals surface area contributed by atoms with Crippen LogP contribution >= 0.6 is 11.6 Å². The quantitative estimate of drug-likeness (QED) is 0.720. The normalized spacial score (nSPS) is 11.0. The molecule has 0 fully saturated rings. The van der Waals surface area contributed by atoms with E-state index in [9.17, 15) is 18.0 Å². The van der Waals surface area contributed by atoms with Crippen molar-refractivity contribution in [3.8, 4) is 11.5 Å². The van der Waals surface area contributed by atoms with Gasteiger partial charge in [0.2, 0.25) is 5.91 Å². The number of halogens is 4. The van der Waals surface area contributed by atoms with Crippen LogP contribution < -0.4 is 14.8 Å². The van der Waals surface area contributed by atoms with Gasteiger partial charge in [-0.3, -0.25) is 9.69 Å². The number of alkyl halides is 2. The number of likely N-dealkylation sites (N-methyl/N-ethyl adjacent to an activating group) is 1. The van der Waals surface area contributed by atoms with Crippen molar-refractivity contribution in [2.24, 2.45) is 0 Å². The standard InChI is InChI=1S/C18H18ClF3N2O3/c1-24(10-17(25)23-12-4-5-14(20)13(19)8-12)9-11-3-6-15(27-18(21)22)16(7-11)26-2/h3-8,18H,9-10H2,1-2H3,(H,23,25). The van der Waals surface area contributed by atoms with E-state index in [-0.39, 0.29) is 29.0 Å². The number of carbonyl (C=O) groups excluding carboxylic acids is 1. The monoisotopic (exact) mass is 402 g/mol. The Balaban J connectivity index is 1.95. The van der Waals surface area contributed by atoms with E-state index in [2.05, 4.69) is 10.1 Å². The smallest absolute Gasteiger partial charge is 0.387 e. The number of rotatable bonds is 8. The first kappa shape index (κ1) is 20.9. The van der Waals surface area contributed by atoms with Gasteiger partial charge >= 0.3 is 6.61 Å². The van der Waals surface area contributed by atoms with Crippen molar-refractivity contribution in [2.75, 3.05) is 26.0 Å². The molecule has 1 amide bonds. The minimum Gasteiger partial charge on any atom is -0.493 e. The maximum atomic E-state index is 13.1. The van der Waals surface area contributed by atoms with Crippen molar-refractivity contribution in [1.82, 2.24) is 4.90 Å². The highest BCUT2D eigenvalue weighted by Gasteiger charge is 2.13. The molecular weight excluding hydrogens is 385 g/mol. The summed E-state index contributed by atoms with van der Waals surface area (Å²) in [5, 5.41) is 2.54. The van der Waals surface area contributed by atoms with Gasteiger partial charge < -0.3 is 14.8 Å². The van der Waals surface area contributed by atoms with Crippen LogP contribution in [0.5, 0.6) is 11.5 Å². The lowest BCUT2D eigenvalue weighted by Gasteiger charge is -2.18. The molecule has 5 nitrogen and oxygen atoms in total. The summed E-state index contributed by atoms with van der Waals surface area (Å²) in [5.41, 5.74) is 1.13. The topological polar surface area (TPSA) is 50.8 Å². The second kappa shape index (κ2) is 9.48. The fraction of sp³-hybridized carbons (Fsp3) is 0.278. The van der Waals surface area contributed by atoms with Crippen LogP contribution in [0.3, 0.4) is 0 Å². The lowest BCUT2D eigenvalue weighted by atomic mass is 10.2. The first-order chi connectivity index (χ1) is 12.8. The van der Waals surface area contributed by atoms with Crippen LogP contribution in [0, 0.1) is 5.82 Å². The van der Waals surface area contributed by atoms with Gasteiger partial charge in [-0.25, -0.2) is 4.39 Å². The van der Waals surface area contributed by atoms with E-state index in [1.165, 1.54) is 25.3 Å². The Morgan fingerprint density at radius 1 is 1.22 bits per heavy atom. The summed E-state index contributed by atoms with van der Waals surface area (Å²) in [7, 11) is 3.07. The maximum Gasteiger partial charge on any atom is 0.387 e. The van der Waals surface area contributed by atoms with Gasteiger partial charge in [0, 0.05) is 12.2 Å². The summed E-state index contributed by atoms with van der Waals surface area (Å²) in [5.74, 6) is -0.777.